The molecule has 2 heterocycles. The van der Waals surface area contributed by atoms with Gasteiger partial charge in [0.2, 0.25) is 11.8 Å². The number of para-hydroxylation sites is 1. The van der Waals surface area contributed by atoms with Gasteiger partial charge in [-0.05, 0) is 38.2 Å². The fourth-order valence-corrected chi connectivity index (χ4v) is 3.88. The number of fused-ring (bicyclic) bond motifs is 1. The van der Waals surface area contributed by atoms with Crippen LogP contribution in [-0.4, -0.2) is 33.7 Å². The summed E-state index contributed by atoms with van der Waals surface area (Å²) >= 11 is 2.95. The van der Waals surface area contributed by atoms with Gasteiger partial charge in [0.15, 0.2) is 0 Å². The van der Waals surface area contributed by atoms with Crippen molar-refractivity contribution >= 4 is 35.1 Å². The van der Waals surface area contributed by atoms with E-state index in [0.717, 1.165) is 12.1 Å². The monoisotopic (exact) mass is 349 g/mol. The molecule has 0 saturated carbocycles. The molecule has 2 atom stereocenters. The maximum atomic E-state index is 12.9. The van der Waals surface area contributed by atoms with Crippen LogP contribution in [0.3, 0.4) is 0 Å². The van der Waals surface area contributed by atoms with E-state index in [1.54, 1.807) is 11.8 Å². The summed E-state index contributed by atoms with van der Waals surface area (Å²) in [5.74, 6) is 1.36. The molecule has 1 aliphatic heterocycles. The van der Waals surface area contributed by atoms with Crippen molar-refractivity contribution in [2.75, 3.05) is 11.2 Å². The molecule has 1 aromatic heterocycles. The number of benzene rings is 1. The van der Waals surface area contributed by atoms with Crippen molar-refractivity contribution in [2.24, 2.45) is 0 Å². The van der Waals surface area contributed by atoms with E-state index < -0.39 is 0 Å². The number of hydrogen-bond acceptors (Lipinski definition) is 6. The molecule has 0 N–H and O–H groups in total. The predicted octanol–water partition coefficient (Wildman–Crippen LogP) is 3.39. The van der Waals surface area contributed by atoms with Crippen LogP contribution in [0.2, 0.25) is 0 Å². The molecule has 0 spiro atoms. The van der Waals surface area contributed by atoms with E-state index in [2.05, 4.69) is 23.2 Å². The molecule has 1 amide bonds. The molecule has 1 aromatic carbocycles. The summed E-state index contributed by atoms with van der Waals surface area (Å²) in [6.07, 6.45) is 2.88. The maximum Gasteiger partial charge on any atom is 0.277 e. The Morgan fingerprint density at radius 1 is 1.43 bits per heavy atom. The zero-order valence-electron chi connectivity index (χ0n) is 13.4. The molecule has 1 aliphatic rings. The highest BCUT2D eigenvalue weighted by atomic mass is 32.2. The number of aromatic nitrogens is 2. The Kier molecular flexibility index (Phi) is 4.96. The SMILES string of the molecule is CSCc1nnc(SC(C)C(=O)N2c3ccccc3CC2C)o1. The Labute approximate surface area is 144 Å². The second-order valence-corrected chi connectivity index (χ2v) is 7.70. The van der Waals surface area contributed by atoms with Crippen molar-refractivity contribution in [1.29, 1.82) is 0 Å². The first-order valence-electron chi connectivity index (χ1n) is 7.49. The normalized spacial score (nSPS) is 18.0. The Bertz CT molecular complexity index is 704. The minimum Gasteiger partial charge on any atom is -0.415 e. The summed E-state index contributed by atoms with van der Waals surface area (Å²) in [5.41, 5.74) is 2.25. The number of rotatable bonds is 5. The Morgan fingerprint density at radius 2 is 2.22 bits per heavy atom. The number of amides is 1. The fraction of sp³-hybridized carbons (Fsp3) is 0.438. The first-order valence-corrected chi connectivity index (χ1v) is 9.76. The number of anilines is 1. The predicted molar refractivity (Wildman–Crippen MR) is 93.9 cm³/mol. The molecule has 0 fully saturated rings. The zero-order valence-corrected chi connectivity index (χ0v) is 15.0. The summed E-state index contributed by atoms with van der Waals surface area (Å²) in [5, 5.41) is 8.17. The van der Waals surface area contributed by atoms with Crippen molar-refractivity contribution in [3.8, 4) is 0 Å². The van der Waals surface area contributed by atoms with Gasteiger partial charge in [-0.1, -0.05) is 30.0 Å². The van der Waals surface area contributed by atoms with Gasteiger partial charge in [-0.2, -0.15) is 11.8 Å². The van der Waals surface area contributed by atoms with Gasteiger partial charge in [-0.3, -0.25) is 4.79 Å². The van der Waals surface area contributed by atoms with Crippen LogP contribution in [0.15, 0.2) is 33.9 Å². The van der Waals surface area contributed by atoms with Crippen molar-refractivity contribution in [2.45, 2.75) is 42.5 Å². The van der Waals surface area contributed by atoms with Crippen LogP contribution in [-0.2, 0) is 17.0 Å². The van der Waals surface area contributed by atoms with Gasteiger partial charge in [0.05, 0.1) is 11.0 Å². The second kappa shape index (κ2) is 6.97. The summed E-state index contributed by atoms with van der Waals surface area (Å²) in [4.78, 5) is 14.8. The molecule has 23 heavy (non-hydrogen) atoms. The smallest absolute Gasteiger partial charge is 0.277 e. The van der Waals surface area contributed by atoms with E-state index in [4.69, 9.17) is 4.42 Å². The number of thioether (sulfide) groups is 2. The third-order valence-corrected chi connectivity index (χ3v) is 5.24. The van der Waals surface area contributed by atoms with E-state index >= 15 is 0 Å². The van der Waals surface area contributed by atoms with E-state index in [9.17, 15) is 4.79 Å². The van der Waals surface area contributed by atoms with Gasteiger partial charge in [0.1, 0.15) is 0 Å². The molecule has 7 heteroatoms. The van der Waals surface area contributed by atoms with Gasteiger partial charge in [-0.25, -0.2) is 0 Å². The second-order valence-electron chi connectivity index (χ2n) is 5.54. The minimum atomic E-state index is -0.272. The highest BCUT2D eigenvalue weighted by Gasteiger charge is 2.33. The van der Waals surface area contributed by atoms with Gasteiger partial charge < -0.3 is 9.32 Å². The highest BCUT2D eigenvalue weighted by Crippen LogP contribution is 2.34. The molecule has 2 aromatic rings. The van der Waals surface area contributed by atoms with Crippen LogP contribution in [0, 0.1) is 0 Å². The lowest BCUT2D eigenvalue weighted by Gasteiger charge is -2.25. The molecule has 122 valence electrons. The molecule has 0 bridgehead atoms. The van der Waals surface area contributed by atoms with E-state index in [-0.39, 0.29) is 17.2 Å². The van der Waals surface area contributed by atoms with E-state index in [1.165, 1.54) is 17.3 Å². The van der Waals surface area contributed by atoms with Crippen molar-refractivity contribution in [3.05, 3.63) is 35.7 Å². The van der Waals surface area contributed by atoms with Crippen molar-refractivity contribution in [3.63, 3.8) is 0 Å². The minimum absolute atomic E-state index is 0.0806. The summed E-state index contributed by atoms with van der Waals surface area (Å²) < 4.78 is 5.55. The molecule has 0 saturated heterocycles. The van der Waals surface area contributed by atoms with Crippen LogP contribution in [0.5, 0.6) is 0 Å². The van der Waals surface area contributed by atoms with E-state index in [1.807, 2.05) is 36.3 Å². The van der Waals surface area contributed by atoms with Crippen LogP contribution < -0.4 is 4.90 Å². The van der Waals surface area contributed by atoms with Crippen LogP contribution in [0.4, 0.5) is 5.69 Å². The van der Waals surface area contributed by atoms with Crippen LogP contribution >= 0.6 is 23.5 Å². The van der Waals surface area contributed by atoms with Gasteiger partial charge in [0.25, 0.3) is 5.22 Å². The Hall–Kier alpha value is -1.47. The van der Waals surface area contributed by atoms with Crippen LogP contribution in [0.25, 0.3) is 0 Å². The number of nitrogens with zero attached hydrogens (tertiary/aromatic N) is 3. The number of carbonyl (C=O) groups excluding carboxylic acids is 1. The molecule has 3 rings (SSSR count). The highest BCUT2D eigenvalue weighted by molar-refractivity contribution is 8.00. The quantitative estimate of drug-likeness (QED) is 0.771. The summed E-state index contributed by atoms with van der Waals surface area (Å²) in [7, 11) is 0. The Morgan fingerprint density at radius 3 is 3.00 bits per heavy atom. The van der Waals surface area contributed by atoms with Crippen LogP contribution in [0.1, 0.15) is 25.3 Å². The first-order chi connectivity index (χ1) is 11.1. The molecular weight excluding hydrogens is 330 g/mol. The number of carbonyl (C=O) groups is 1. The standard InChI is InChI=1S/C16H19N3O2S2/c1-10-8-12-6-4-5-7-13(12)19(10)15(20)11(2)23-16-18-17-14(21-16)9-22-3/h4-7,10-11H,8-9H2,1-3H3. The molecule has 0 aliphatic carbocycles. The van der Waals surface area contributed by atoms with Gasteiger partial charge in [-0.15, -0.1) is 10.2 Å². The van der Waals surface area contributed by atoms with Crippen molar-refractivity contribution in [1.82, 2.24) is 10.2 Å². The third kappa shape index (κ3) is 3.40. The summed E-state index contributed by atoms with van der Waals surface area (Å²) in [6.45, 7) is 3.97. The fourth-order valence-electron chi connectivity index (χ4n) is 2.77. The van der Waals surface area contributed by atoms with E-state index in [0.29, 0.717) is 16.9 Å². The summed E-state index contributed by atoms with van der Waals surface area (Å²) in [6, 6.07) is 8.27. The molecule has 5 nitrogen and oxygen atoms in total. The molecule has 2 unspecified atom stereocenters. The average Bonchev–Trinajstić information content (AvgIpc) is 3.10. The first kappa shape index (κ1) is 16.4. The van der Waals surface area contributed by atoms with Gasteiger partial charge in [0, 0.05) is 11.7 Å². The largest absolute Gasteiger partial charge is 0.415 e. The molecular formula is C16H19N3O2S2. The van der Waals surface area contributed by atoms with Gasteiger partial charge >= 0.3 is 0 Å². The topological polar surface area (TPSA) is 59.2 Å². The Balaban J connectivity index is 1.72. The number of hydrogen-bond donors (Lipinski definition) is 0. The average molecular weight is 349 g/mol. The lowest BCUT2D eigenvalue weighted by Crippen LogP contribution is -2.40. The van der Waals surface area contributed by atoms with Crippen molar-refractivity contribution < 1.29 is 9.21 Å². The maximum absolute atomic E-state index is 12.9. The zero-order chi connectivity index (χ0) is 16.4. The molecule has 0 radical (unpaired) electrons. The third-order valence-electron chi connectivity index (χ3n) is 3.79. The lowest BCUT2D eigenvalue weighted by molar-refractivity contribution is -0.118. The lowest BCUT2D eigenvalue weighted by atomic mass is 10.1.